The number of aliphatic hydroxyl groups is 1. The summed E-state index contributed by atoms with van der Waals surface area (Å²) in [7, 11) is 2.65. The zero-order valence-electron chi connectivity index (χ0n) is 48.6. The summed E-state index contributed by atoms with van der Waals surface area (Å²) in [6, 6.07) is 0. The number of hydrogen-bond donors (Lipinski definition) is 3. The Labute approximate surface area is 466 Å². The van der Waals surface area contributed by atoms with Crippen molar-refractivity contribution in [1.29, 1.82) is 0 Å². The largest absolute Gasteiger partial charge is 0.504 e. The molecule has 5 N–H and O–H groups in total. The molecule has 0 bridgehead atoms. The third-order valence-corrected chi connectivity index (χ3v) is 24.3. The van der Waals surface area contributed by atoms with Gasteiger partial charge in [0.1, 0.15) is 5.33 Å². The molecular formula is C64H87BrN2O10. The fourth-order valence-electron chi connectivity index (χ4n) is 17.8. The Kier molecular flexibility index (Phi) is 14.8. The van der Waals surface area contributed by atoms with Gasteiger partial charge in [-0.25, -0.2) is 4.79 Å². The Morgan fingerprint density at radius 3 is 1.36 bits per heavy atom. The number of methoxy groups -OCH3 is 2. The van der Waals surface area contributed by atoms with E-state index in [4.69, 9.17) is 16.2 Å². The predicted octanol–water partition coefficient (Wildman–Crippen LogP) is 12.4. The number of ether oxygens (including phenoxy) is 3. The zero-order valence-corrected chi connectivity index (χ0v) is 50.2. The second-order valence-corrected chi connectivity index (χ2v) is 28.1. The van der Waals surface area contributed by atoms with Crippen LogP contribution >= 0.6 is 15.9 Å². The molecule has 0 aromatic heterocycles. The number of aliphatic hydroxyl groups excluding tert-OH is 1. The molecule has 0 aliphatic heterocycles. The minimum Gasteiger partial charge on any atom is -0.504 e. The minimum atomic E-state index is -0.515. The SMILES string of the molecule is CC1=C(O)C(=O)C=C2C1=CC=C1[C@@]2(C)CC[C@@]2(C)[C@@H]3C[C@](C)(C(N)=O)CC[C@]3(C)CC[C@]12C.COC(=O)CBr.COC(=O)COC1=C(C)C2=CC=C3[C@@](C)(CC[C@@]4(C)[C@@H]5C[C@](C)(C(N)=O)CC[C@]5(C)CC[C@]34C)C2=CC1=O. The number of allylic oxidation sites excluding steroid dienone is 14. The van der Waals surface area contributed by atoms with Gasteiger partial charge in [-0.2, -0.15) is 0 Å². The molecular weight excluding hydrogens is 1040 g/mol. The first-order valence-electron chi connectivity index (χ1n) is 28.1. The highest BCUT2D eigenvalue weighted by molar-refractivity contribution is 9.09. The number of carbonyl (C=O) groups is 6. The highest BCUT2D eigenvalue weighted by Crippen LogP contribution is 2.77. The number of esters is 2. The lowest BCUT2D eigenvalue weighted by Crippen LogP contribution is -2.62. The number of halogens is 1. The average Bonchev–Trinajstić information content (AvgIpc) is 3.51. The van der Waals surface area contributed by atoms with Crippen molar-refractivity contribution in [3.8, 4) is 0 Å². The second-order valence-electron chi connectivity index (χ2n) is 27.5. The molecule has 6 saturated carbocycles. The minimum absolute atomic E-state index is 0.0206. The molecule has 77 heavy (non-hydrogen) atoms. The van der Waals surface area contributed by atoms with Crippen LogP contribution in [0, 0.1) is 66.0 Å². The van der Waals surface area contributed by atoms with E-state index in [1.165, 1.54) is 25.4 Å². The van der Waals surface area contributed by atoms with E-state index in [0.717, 1.165) is 118 Å². The van der Waals surface area contributed by atoms with E-state index in [0.29, 0.717) is 17.4 Å². The fourth-order valence-corrected chi connectivity index (χ4v) is 18.0. The number of amides is 2. The van der Waals surface area contributed by atoms with Crippen LogP contribution < -0.4 is 11.5 Å². The van der Waals surface area contributed by atoms with Gasteiger partial charge in [0.2, 0.25) is 23.4 Å². The van der Waals surface area contributed by atoms with E-state index in [1.807, 2.05) is 13.8 Å². The molecule has 10 rings (SSSR count). The van der Waals surface area contributed by atoms with Crippen LogP contribution in [0.1, 0.15) is 173 Å². The van der Waals surface area contributed by atoms with Crippen LogP contribution in [-0.4, -0.2) is 66.6 Å². The molecule has 0 heterocycles. The first-order chi connectivity index (χ1) is 35.7. The zero-order chi connectivity index (χ0) is 57.1. The Bertz CT molecular complexity index is 2880. The summed E-state index contributed by atoms with van der Waals surface area (Å²) >= 11 is 2.90. The topological polar surface area (TPSA) is 202 Å². The van der Waals surface area contributed by atoms with Gasteiger partial charge in [0.25, 0.3) is 0 Å². The van der Waals surface area contributed by atoms with Gasteiger partial charge < -0.3 is 30.8 Å². The number of carbonyl (C=O) groups excluding carboxylic acids is 6. The summed E-state index contributed by atoms with van der Waals surface area (Å²) in [5, 5.41) is 10.6. The number of hydrogen-bond acceptors (Lipinski definition) is 10. The maximum Gasteiger partial charge on any atom is 0.343 e. The van der Waals surface area contributed by atoms with Gasteiger partial charge in [-0.3, -0.25) is 24.0 Å². The second kappa shape index (κ2) is 19.5. The van der Waals surface area contributed by atoms with Crippen molar-refractivity contribution < 1.29 is 48.1 Å². The van der Waals surface area contributed by atoms with E-state index >= 15 is 0 Å². The molecule has 0 unspecified atom stereocenters. The normalized spacial score (nSPS) is 41.3. The molecule has 0 saturated heterocycles. The first kappa shape index (κ1) is 58.4. The van der Waals surface area contributed by atoms with Crippen molar-refractivity contribution in [3.05, 3.63) is 92.6 Å². The molecule has 420 valence electrons. The predicted molar refractivity (Wildman–Crippen MR) is 301 cm³/mol. The molecule has 0 aromatic rings. The maximum atomic E-state index is 13.3. The van der Waals surface area contributed by atoms with E-state index in [2.05, 4.69) is 119 Å². The summed E-state index contributed by atoms with van der Waals surface area (Å²) in [4.78, 5) is 72.4. The van der Waals surface area contributed by atoms with Crippen LogP contribution in [0.5, 0.6) is 0 Å². The van der Waals surface area contributed by atoms with Gasteiger partial charge in [-0.05, 0) is 183 Å². The molecule has 10 aliphatic carbocycles. The molecule has 13 heteroatoms. The Hall–Kier alpha value is -4.78. The number of nitrogens with two attached hydrogens (primary N) is 2. The van der Waals surface area contributed by atoms with Gasteiger partial charge in [0, 0.05) is 32.8 Å². The highest BCUT2D eigenvalue weighted by Gasteiger charge is 2.69. The van der Waals surface area contributed by atoms with Crippen LogP contribution in [0.3, 0.4) is 0 Å². The van der Waals surface area contributed by atoms with Crippen molar-refractivity contribution in [3.63, 3.8) is 0 Å². The molecule has 6 fully saturated rings. The third-order valence-electron chi connectivity index (χ3n) is 23.8. The van der Waals surface area contributed by atoms with Crippen molar-refractivity contribution in [2.24, 2.45) is 77.5 Å². The summed E-state index contributed by atoms with van der Waals surface area (Å²) in [5.74, 6) is -0.624. The van der Waals surface area contributed by atoms with Crippen molar-refractivity contribution in [2.75, 3.05) is 26.2 Å². The van der Waals surface area contributed by atoms with Gasteiger partial charge >= 0.3 is 11.9 Å². The van der Waals surface area contributed by atoms with Crippen LogP contribution in [-0.2, 0) is 43.0 Å². The smallest absolute Gasteiger partial charge is 0.343 e. The quantitative estimate of drug-likeness (QED) is 0.170. The lowest BCUT2D eigenvalue weighted by atomic mass is 9.34. The molecule has 0 radical (unpaired) electrons. The molecule has 2 amide bonds. The van der Waals surface area contributed by atoms with Gasteiger partial charge in [0.05, 0.1) is 14.2 Å². The van der Waals surface area contributed by atoms with Gasteiger partial charge in [0.15, 0.2) is 18.1 Å². The average molecular weight is 1120 g/mol. The van der Waals surface area contributed by atoms with Crippen LogP contribution in [0.25, 0.3) is 0 Å². The Morgan fingerprint density at radius 2 is 0.974 bits per heavy atom. The standard InChI is InChI=1S/C32H43NO5.C29H39NO3.C3H5BrO2/c1-19-20-8-9-23-30(4,21(20)16-22(34)26(19)38-18-25(35)37-7)13-15-32(6)24-17-29(3,27(33)36)11-10-28(24,2)12-14-31(23,32)5;1-17-18-7-8-21-27(4,19(18)15-20(31)23(17)32)12-14-29(6)22-16-26(3,24(30)33)10-9-25(22,2)11-13-28(21,29)5;1-6-3(5)2-4/h8-9,16,24H,10-15,17-18H2,1-7H3,(H2,33,36);7-8,15,22,32H,9-14,16H2,1-6H3,(H2,30,33);2H2,1H3/t24-,28-,29-,30+,31-,32+;22-,25-,26-,27+,28-,29+;/m11./s1. The Balaban J connectivity index is 0.000000186. The van der Waals surface area contributed by atoms with Crippen molar-refractivity contribution >= 4 is 51.2 Å². The van der Waals surface area contributed by atoms with Gasteiger partial charge in [-0.1, -0.05) is 121 Å². The lowest BCUT2D eigenvalue weighted by Gasteiger charge is -2.70. The summed E-state index contributed by atoms with van der Waals surface area (Å²) in [6.07, 6.45) is 26.4. The van der Waals surface area contributed by atoms with Crippen LogP contribution in [0.15, 0.2) is 92.6 Å². The summed E-state index contributed by atoms with van der Waals surface area (Å²) in [5.41, 5.74) is 19.4. The number of rotatable bonds is 6. The van der Waals surface area contributed by atoms with Crippen molar-refractivity contribution in [2.45, 2.75) is 173 Å². The van der Waals surface area contributed by atoms with E-state index in [1.54, 1.807) is 12.2 Å². The number of fused-ring (bicyclic) bond motifs is 14. The number of ketones is 2. The molecule has 12 atom stereocenters. The van der Waals surface area contributed by atoms with E-state index in [-0.39, 0.29) is 96.1 Å². The number of alkyl halides is 1. The summed E-state index contributed by atoms with van der Waals surface area (Å²) in [6.45, 7) is 26.9. The molecule has 12 nitrogen and oxygen atoms in total. The number of primary amides is 2. The van der Waals surface area contributed by atoms with Crippen LogP contribution in [0.2, 0.25) is 0 Å². The lowest BCUT2D eigenvalue weighted by molar-refractivity contribution is -0.168. The van der Waals surface area contributed by atoms with Crippen LogP contribution in [0.4, 0.5) is 0 Å². The van der Waals surface area contributed by atoms with E-state index < -0.39 is 16.8 Å². The summed E-state index contributed by atoms with van der Waals surface area (Å²) < 4.78 is 14.5. The Morgan fingerprint density at radius 1 is 0.571 bits per heavy atom. The van der Waals surface area contributed by atoms with E-state index in [9.17, 15) is 33.9 Å². The highest BCUT2D eigenvalue weighted by atomic mass is 79.9. The maximum absolute atomic E-state index is 13.3. The monoisotopic (exact) mass is 1120 g/mol. The molecule has 0 aromatic carbocycles. The third kappa shape index (κ3) is 8.69. The molecule has 10 aliphatic rings. The first-order valence-corrected chi connectivity index (χ1v) is 29.2. The fraction of sp³-hybridized carbons (Fsp3) is 0.656. The van der Waals surface area contributed by atoms with Crippen molar-refractivity contribution in [1.82, 2.24) is 0 Å². The van der Waals surface area contributed by atoms with Gasteiger partial charge in [-0.15, -0.1) is 0 Å². The molecule has 0 spiro atoms.